The predicted octanol–water partition coefficient (Wildman–Crippen LogP) is 3.67. The van der Waals surface area contributed by atoms with Crippen LogP contribution in [0, 0.1) is 5.92 Å². The van der Waals surface area contributed by atoms with E-state index in [0.29, 0.717) is 9.09 Å². The molecule has 1 saturated heterocycles. The molecular weight excluding hydrogens is 451 g/mol. The highest BCUT2D eigenvalue weighted by Crippen LogP contribution is 2.39. The predicted molar refractivity (Wildman–Crippen MR) is 104 cm³/mol. The zero-order valence-electron chi connectivity index (χ0n) is 12.2. The lowest BCUT2D eigenvalue weighted by molar-refractivity contribution is -0.138. The van der Waals surface area contributed by atoms with Gasteiger partial charge in [0.2, 0.25) is 9.70 Å². The van der Waals surface area contributed by atoms with Crippen LogP contribution in [-0.4, -0.2) is 36.3 Å². The quantitative estimate of drug-likeness (QED) is 0.228. The van der Waals surface area contributed by atoms with Crippen LogP contribution in [0.5, 0.6) is 0 Å². The Morgan fingerprint density at radius 3 is 2.76 bits per heavy atom. The van der Waals surface area contributed by atoms with E-state index < -0.39 is 34.0 Å². The summed E-state index contributed by atoms with van der Waals surface area (Å²) in [6, 6.07) is 3.33. The van der Waals surface area contributed by atoms with Crippen LogP contribution < -0.4 is 5.32 Å². The average molecular weight is 462 g/mol. The van der Waals surface area contributed by atoms with Gasteiger partial charge in [-0.2, -0.15) is 0 Å². The number of rotatable bonds is 5. The number of aromatic nitrogens is 1. The lowest BCUT2D eigenvalue weighted by Crippen LogP contribution is -2.59. The molecule has 1 aliphatic heterocycles. The van der Waals surface area contributed by atoms with Gasteiger partial charge in [-0.25, -0.2) is 4.79 Å². The third kappa shape index (κ3) is 6.33. The van der Waals surface area contributed by atoms with Gasteiger partial charge in [0.1, 0.15) is 22.2 Å². The number of nitrogens with one attached hydrogen (secondary N) is 1. The molecule has 6 nitrogen and oxygen atoms in total. The zero-order valence-corrected chi connectivity index (χ0v) is 17.0. The molecule has 25 heavy (non-hydrogen) atoms. The summed E-state index contributed by atoms with van der Waals surface area (Å²) in [5.41, 5.74) is 0.517. The Morgan fingerprint density at radius 2 is 2.24 bits per heavy atom. The minimum atomic E-state index is -1.77. The van der Waals surface area contributed by atoms with Crippen molar-refractivity contribution < 1.29 is 19.1 Å². The molecule has 12 heteroatoms. The molecule has 0 radical (unpaired) electrons. The van der Waals surface area contributed by atoms with E-state index in [4.69, 9.17) is 56.5 Å². The number of thioether (sulfide) groups is 1. The van der Waals surface area contributed by atoms with Gasteiger partial charge in [0, 0.05) is 18.0 Å². The molecule has 1 aromatic heterocycles. The van der Waals surface area contributed by atoms with Gasteiger partial charge in [0.15, 0.2) is 0 Å². The first-order valence-electron chi connectivity index (χ1n) is 6.67. The van der Waals surface area contributed by atoms with Crippen LogP contribution in [-0.2, 0) is 14.3 Å². The number of nitrogens with zero attached hydrogens (tertiary/aromatic N) is 1. The lowest BCUT2D eigenvalue weighted by atomic mass is 9.90. The molecule has 136 valence electrons. The van der Waals surface area contributed by atoms with Crippen molar-refractivity contribution in [1.82, 2.24) is 10.3 Å². The normalized spacial score (nSPS) is 20.9. The van der Waals surface area contributed by atoms with Gasteiger partial charge in [-0.3, -0.25) is 9.78 Å². The number of thiocarbonyl (C=S) groups is 1. The fourth-order valence-corrected chi connectivity index (χ4v) is 3.67. The van der Waals surface area contributed by atoms with Gasteiger partial charge < -0.3 is 14.8 Å². The van der Waals surface area contributed by atoms with Crippen LogP contribution in [0.25, 0.3) is 0 Å². The number of alkyl halides is 3. The van der Waals surface area contributed by atoms with Gasteiger partial charge in [-0.05, 0) is 6.07 Å². The summed E-state index contributed by atoms with van der Waals surface area (Å²) in [4.78, 5) is 27.9. The van der Waals surface area contributed by atoms with E-state index in [2.05, 4.69) is 22.9 Å². The number of thiol groups is 1. The van der Waals surface area contributed by atoms with Crippen LogP contribution in [0.3, 0.4) is 0 Å². The fourth-order valence-electron chi connectivity index (χ4n) is 2.05. The molecule has 3 unspecified atom stereocenters. The van der Waals surface area contributed by atoms with Crippen LogP contribution in [0.15, 0.2) is 24.5 Å². The van der Waals surface area contributed by atoms with Crippen molar-refractivity contribution in [3.05, 3.63) is 30.1 Å². The van der Waals surface area contributed by atoms with Crippen molar-refractivity contribution in [3.8, 4) is 0 Å². The zero-order chi connectivity index (χ0) is 18.6. The topological polar surface area (TPSA) is 77.5 Å². The number of hydrogen-bond acceptors (Lipinski definition) is 7. The first-order valence-corrected chi connectivity index (χ1v) is 9.54. The molecule has 0 bridgehead atoms. The smallest absolute Gasteiger partial charge is 0.430 e. The largest absolute Gasteiger partial charge is 0.509 e. The standard InChI is InChI=1S/C13H11Cl3N2O4S3/c14-13(15,16)5-21-11(20)22-8(6-2-1-3-17-4-6)7-9(19)18-10(7)25-12(23)24/h1-4,7-8,10H,5H2,(H,18,19)(H,23,24). The molecule has 2 rings (SSSR count). The highest BCUT2D eigenvalue weighted by molar-refractivity contribution is 8.41. The first-order chi connectivity index (χ1) is 11.7. The molecule has 0 spiro atoms. The monoisotopic (exact) mass is 460 g/mol. The Morgan fingerprint density at radius 1 is 1.52 bits per heavy atom. The number of carbonyl (C=O) groups excluding carboxylic acids is 2. The molecule has 1 aromatic rings. The van der Waals surface area contributed by atoms with Crippen LogP contribution in [0.4, 0.5) is 4.79 Å². The summed E-state index contributed by atoms with van der Waals surface area (Å²) in [7, 11) is 0. The molecule has 1 amide bonds. The molecule has 0 saturated carbocycles. The van der Waals surface area contributed by atoms with Crippen molar-refractivity contribution in [2.24, 2.45) is 5.92 Å². The minimum absolute atomic E-state index is 0.301. The Balaban J connectivity index is 2.15. The van der Waals surface area contributed by atoms with E-state index in [0.717, 1.165) is 0 Å². The van der Waals surface area contributed by atoms with E-state index in [1.807, 2.05) is 0 Å². The Hall–Kier alpha value is -0.450. The maximum Gasteiger partial charge on any atom is 0.509 e. The van der Waals surface area contributed by atoms with E-state index in [9.17, 15) is 9.59 Å². The fraction of sp³-hybridized carbons (Fsp3) is 0.385. The second-order valence-corrected chi connectivity index (χ2v) is 10.2. The molecular formula is C13H11Cl3N2O4S3. The minimum Gasteiger partial charge on any atom is -0.430 e. The van der Waals surface area contributed by atoms with Crippen LogP contribution in [0.2, 0.25) is 0 Å². The van der Waals surface area contributed by atoms with Crippen LogP contribution in [0.1, 0.15) is 11.7 Å². The van der Waals surface area contributed by atoms with E-state index in [-0.39, 0.29) is 5.91 Å². The average Bonchev–Trinajstić information content (AvgIpc) is 2.51. The third-order valence-electron chi connectivity index (χ3n) is 3.06. The maximum absolute atomic E-state index is 12.0. The van der Waals surface area contributed by atoms with Crippen molar-refractivity contribution in [2.45, 2.75) is 15.3 Å². The SMILES string of the molecule is O=C(OCC(Cl)(Cl)Cl)OC(c1cccnc1)C1C(=O)NC1SC(=S)S. The summed E-state index contributed by atoms with van der Waals surface area (Å²) in [6.07, 6.45) is 1.03. The number of ether oxygens (including phenoxy) is 2. The second kappa shape index (κ2) is 8.96. The van der Waals surface area contributed by atoms with E-state index in [1.54, 1.807) is 18.3 Å². The molecule has 1 aliphatic rings. The summed E-state index contributed by atoms with van der Waals surface area (Å²) in [5, 5.41) is 2.28. The van der Waals surface area contributed by atoms with E-state index >= 15 is 0 Å². The van der Waals surface area contributed by atoms with Crippen molar-refractivity contribution in [3.63, 3.8) is 0 Å². The number of amides is 1. The molecule has 1 N–H and O–H groups in total. The third-order valence-corrected chi connectivity index (χ3v) is 4.86. The van der Waals surface area contributed by atoms with Crippen LogP contribution >= 0.6 is 71.4 Å². The highest BCUT2D eigenvalue weighted by Gasteiger charge is 2.48. The molecule has 0 aromatic carbocycles. The summed E-state index contributed by atoms with van der Waals surface area (Å²) < 4.78 is 8.65. The Bertz CT molecular complexity index is 660. The molecule has 2 heterocycles. The first kappa shape index (κ1) is 20.9. The van der Waals surface area contributed by atoms with Gasteiger partial charge in [-0.1, -0.05) is 64.8 Å². The van der Waals surface area contributed by atoms with Gasteiger partial charge in [0.05, 0.1) is 5.37 Å². The number of β-lactam (4-membered cyclic amide) rings is 1. The van der Waals surface area contributed by atoms with Gasteiger partial charge in [0.25, 0.3) is 0 Å². The molecule has 0 aliphatic carbocycles. The molecule has 1 fully saturated rings. The van der Waals surface area contributed by atoms with Crippen molar-refractivity contribution in [1.29, 1.82) is 0 Å². The van der Waals surface area contributed by atoms with Crippen molar-refractivity contribution >= 4 is 87.0 Å². The lowest BCUT2D eigenvalue weighted by Gasteiger charge is -2.39. The maximum atomic E-state index is 12.0. The van der Waals surface area contributed by atoms with E-state index in [1.165, 1.54) is 18.0 Å². The summed E-state index contributed by atoms with van der Waals surface area (Å²) >= 11 is 26.7. The van der Waals surface area contributed by atoms with Gasteiger partial charge >= 0.3 is 6.16 Å². The van der Waals surface area contributed by atoms with Gasteiger partial charge in [-0.15, -0.1) is 12.6 Å². The number of pyridine rings is 1. The summed E-state index contributed by atoms with van der Waals surface area (Å²) in [6.45, 7) is -0.494. The highest BCUT2D eigenvalue weighted by atomic mass is 35.6. The number of halogens is 3. The second-order valence-electron chi connectivity index (χ2n) is 4.82. The number of carbonyl (C=O) groups is 2. The molecule has 3 atom stereocenters. The summed E-state index contributed by atoms with van der Waals surface area (Å²) in [5.74, 6) is -0.996. The number of hydrogen-bond donors (Lipinski definition) is 2. The Labute approximate surface area is 173 Å². The Kier molecular flexibility index (Phi) is 7.48. The van der Waals surface area contributed by atoms with Crippen molar-refractivity contribution in [2.75, 3.05) is 6.61 Å².